The molecule has 188 valence electrons. The molecule has 4 aromatic rings. The van der Waals surface area contributed by atoms with Crippen LogP contribution < -0.4 is 9.47 Å². The molecule has 36 heavy (non-hydrogen) atoms. The van der Waals surface area contributed by atoms with Gasteiger partial charge in [-0.2, -0.15) is 0 Å². The van der Waals surface area contributed by atoms with Gasteiger partial charge in [0.15, 0.2) is 11.5 Å². The number of piperidine rings is 1. The van der Waals surface area contributed by atoms with Gasteiger partial charge in [0.1, 0.15) is 17.8 Å². The molecule has 0 unspecified atom stereocenters. The van der Waals surface area contributed by atoms with E-state index in [1.807, 2.05) is 18.3 Å². The predicted octanol–water partition coefficient (Wildman–Crippen LogP) is 5.76. The highest BCUT2D eigenvalue weighted by atomic mass is 35.5. The van der Waals surface area contributed by atoms with Crippen molar-refractivity contribution in [1.82, 2.24) is 14.5 Å². The molecule has 1 aliphatic heterocycles. The number of thiophene rings is 1. The van der Waals surface area contributed by atoms with Crippen LogP contribution >= 0.6 is 22.9 Å². The van der Waals surface area contributed by atoms with Gasteiger partial charge in [-0.1, -0.05) is 17.7 Å². The molecule has 3 aromatic heterocycles. The smallest absolute Gasteiger partial charge is 0.339 e. The summed E-state index contributed by atoms with van der Waals surface area (Å²) in [6.45, 7) is 3.81. The van der Waals surface area contributed by atoms with E-state index in [1.54, 1.807) is 23.5 Å². The van der Waals surface area contributed by atoms with Gasteiger partial charge in [0, 0.05) is 29.2 Å². The number of carbonyl (C=O) groups is 1. The number of fused-ring (bicyclic) bond motifs is 1. The molecule has 0 aliphatic carbocycles. The number of carboxylic acid groups (broad SMARTS) is 1. The molecule has 1 N–H and O–H groups in total. The van der Waals surface area contributed by atoms with E-state index in [0.717, 1.165) is 49.0 Å². The van der Waals surface area contributed by atoms with Crippen LogP contribution in [0.3, 0.4) is 0 Å². The van der Waals surface area contributed by atoms with E-state index in [-0.39, 0.29) is 11.3 Å². The molecule has 0 atom stereocenters. The Hall–Kier alpha value is -3.07. The van der Waals surface area contributed by atoms with Crippen molar-refractivity contribution in [2.24, 2.45) is 0 Å². The molecular formula is C27H28ClN3O4S. The van der Waals surface area contributed by atoms with Gasteiger partial charge >= 0.3 is 5.97 Å². The van der Waals surface area contributed by atoms with Crippen LogP contribution in [0.2, 0.25) is 4.34 Å². The van der Waals surface area contributed by atoms with Crippen LogP contribution in [0.15, 0.2) is 54.9 Å². The first-order chi connectivity index (χ1) is 17.5. The van der Waals surface area contributed by atoms with Crippen LogP contribution in [0.5, 0.6) is 11.5 Å². The zero-order chi connectivity index (χ0) is 25.1. The highest BCUT2D eigenvalue weighted by molar-refractivity contribution is 7.16. The lowest BCUT2D eigenvalue weighted by molar-refractivity contribution is 0.0690. The molecule has 7 nitrogen and oxygen atoms in total. The first-order valence-electron chi connectivity index (χ1n) is 12.0. The fourth-order valence-corrected chi connectivity index (χ4v) is 6.03. The zero-order valence-corrected chi connectivity index (χ0v) is 21.6. The fourth-order valence-electron chi connectivity index (χ4n) is 4.94. The summed E-state index contributed by atoms with van der Waals surface area (Å²) in [4.78, 5) is 19.8. The van der Waals surface area contributed by atoms with Crippen molar-refractivity contribution in [3.63, 3.8) is 0 Å². The molecule has 0 radical (unpaired) electrons. The molecule has 4 heterocycles. The fraction of sp³-hybridized carbons (Fsp3) is 0.333. The maximum absolute atomic E-state index is 11.6. The van der Waals surface area contributed by atoms with Crippen molar-refractivity contribution < 1.29 is 19.4 Å². The first-order valence-corrected chi connectivity index (χ1v) is 13.2. The number of para-hydroxylation sites is 1. The van der Waals surface area contributed by atoms with E-state index in [9.17, 15) is 9.90 Å². The Morgan fingerprint density at radius 3 is 2.75 bits per heavy atom. The van der Waals surface area contributed by atoms with Crippen LogP contribution in [-0.4, -0.2) is 58.9 Å². The second-order valence-electron chi connectivity index (χ2n) is 8.90. The third kappa shape index (κ3) is 5.21. The van der Waals surface area contributed by atoms with Crippen LogP contribution in [0.4, 0.5) is 0 Å². The highest BCUT2D eigenvalue weighted by Gasteiger charge is 2.25. The van der Waals surface area contributed by atoms with Crippen molar-refractivity contribution in [2.75, 3.05) is 33.4 Å². The van der Waals surface area contributed by atoms with Crippen LogP contribution in [0.25, 0.3) is 11.0 Å². The number of rotatable bonds is 9. The highest BCUT2D eigenvalue weighted by Crippen LogP contribution is 2.35. The van der Waals surface area contributed by atoms with Gasteiger partial charge in [-0.05, 0) is 73.8 Å². The molecule has 0 bridgehead atoms. The summed E-state index contributed by atoms with van der Waals surface area (Å²) in [7, 11) is 1.51. The Labute approximate surface area is 218 Å². The largest absolute Gasteiger partial charge is 0.493 e. The minimum atomic E-state index is -1.03. The molecule has 0 spiro atoms. The minimum Gasteiger partial charge on any atom is -0.493 e. The monoisotopic (exact) mass is 525 g/mol. The van der Waals surface area contributed by atoms with Crippen molar-refractivity contribution >= 4 is 39.9 Å². The second-order valence-corrected chi connectivity index (χ2v) is 10.7. The summed E-state index contributed by atoms with van der Waals surface area (Å²) >= 11 is 7.75. The van der Waals surface area contributed by atoms with Gasteiger partial charge in [0.05, 0.1) is 18.0 Å². The maximum Gasteiger partial charge on any atom is 0.339 e. The summed E-state index contributed by atoms with van der Waals surface area (Å²) in [6.07, 6.45) is 6.22. The number of nitrogens with zero attached hydrogens (tertiary/aromatic N) is 3. The molecule has 1 aromatic carbocycles. The number of ether oxygens (including phenoxy) is 2. The number of likely N-dealkylation sites (tertiary alicyclic amines) is 1. The summed E-state index contributed by atoms with van der Waals surface area (Å²) in [5.41, 5.74) is 2.48. The molecule has 0 amide bonds. The van der Waals surface area contributed by atoms with Crippen LogP contribution in [0.1, 0.15) is 39.6 Å². The van der Waals surface area contributed by atoms with Crippen LogP contribution in [-0.2, 0) is 6.54 Å². The van der Waals surface area contributed by atoms with E-state index in [1.165, 1.54) is 29.0 Å². The number of aromatic carboxylic acids is 1. The molecule has 1 aliphatic rings. The topological polar surface area (TPSA) is 76.8 Å². The quantitative estimate of drug-likeness (QED) is 0.299. The standard InChI is InChI=1S/C27H28ClN3O4S/c1-34-23-6-2-4-21(27(32)33)25(23)35-15-14-30-12-9-18(10-13-30)22-17-31(16-19-7-8-24(28)36-19)26-20(22)5-3-11-29-26/h2-8,11,17-18H,9-10,12-16H2,1H3,(H,32,33). The number of pyridine rings is 1. The van der Waals surface area contributed by atoms with Crippen LogP contribution in [0, 0.1) is 0 Å². The van der Waals surface area contributed by atoms with E-state index in [0.29, 0.717) is 18.3 Å². The van der Waals surface area contributed by atoms with Gasteiger partial charge in [-0.3, -0.25) is 4.90 Å². The van der Waals surface area contributed by atoms with Crippen molar-refractivity contribution in [1.29, 1.82) is 0 Å². The first kappa shape index (κ1) is 24.6. The zero-order valence-electron chi connectivity index (χ0n) is 20.0. The lowest BCUT2D eigenvalue weighted by Crippen LogP contribution is -2.36. The molecule has 5 rings (SSSR count). The normalized spacial score (nSPS) is 14.8. The van der Waals surface area contributed by atoms with Gasteiger partial charge in [-0.25, -0.2) is 9.78 Å². The van der Waals surface area contributed by atoms with E-state index in [2.05, 4.69) is 32.8 Å². The number of hydrogen-bond acceptors (Lipinski definition) is 6. The lowest BCUT2D eigenvalue weighted by Gasteiger charge is -2.31. The Morgan fingerprint density at radius 2 is 2.03 bits per heavy atom. The maximum atomic E-state index is 11.6. The van der Waals surface area contributed by atoms with E-state index < -0.39 is 5.97 Å². The second kappa shape index (κ2) is 10.9. The van der Waals surface area contributed by atoms with Crippen molar-refractivity contribution in [3.8, 4) is 11.5 Å². The number of methoxy groups -OCH3 is 1. The number of hydrogen-bond donors (Lipinski definition) is 1. The molecule has 1 saturated heterocycles. The average Bonchev–Trinajstić information content (AvgIpc) is 3.47. The van der Waals surface area contributed by atoms with Gasteiger partial charge in [0.25, 0.3) is 0 Å². The lowest BCUT2D eigenvalue weighted by atomic mass is 9.89. The van der Waals surface area contributed by atoms with Gasteiger partial charge < -0.3 is 19.1 Å². The van der Waals surface area contributed by atoms with E-state index in [4.69, 9.17) is 21.1 Å². The van der Waals surface area contributed by atoms with Crippen molar-refractivity contribution in [2.45, 2.75) is 25.3 Å². The summed E-state index contributed by atoms with van der Waals surface area (Å²) in [6, 6.07) is 13.1. The Balaban J connectivity index is 1.22. The SMILES string of the molecule is COc1cccc(C(=O)O)c1OCCN1CCC(c2cn(Cc3ccc(Cl)s3)c3ncccc23)CC1. The molecule has 9 heteroatoms. The number of aromatic nitrogens is 2. The average molecular weight is 526 g/mol. The summed E-state index contributed by atoms with van der Waals surface area (Å²) in [5, 5.41) is 10.7. The Kier molecular flexibility index (Phi) is 7.46. The van der Waals surface area contributed by atoms with Gasteiger partial charge in [-0.15, -0.1) is 11.3 Å². The number of carboxylic acids is 1. The summed E-state index contributed by atoms with van der Waals surface area (Å²) < 4.78 is 14.2. The molecule has 1 fully saturated rings. The third-order valence-corrected chi connectivity index (χ3v) is 7.95. The van der Waals surface area contributed by atoms with Crippen molar-refractivity contribution in [3.05, 3.63) is 75.2 Å². The van der Waals surface area contributed by atoms with E-state index >= 15 is 0 Å². The third-order valence-electron chi connectivity index (χ3n) is 6.73. The minimum absolute atomic E-state index is 0.114. The Morgan fingerprint density at radius 1 is 1.19 bits per heavy atom. The predicted molar refractivity (Wildman–Crippen MR) is 142 cm³/mol. The Bertz CT molecular complexity index is 1360. The summed E-state index contributed by atoms with van der Waals surface area (Å²) in [5.74, 6) is 0.161. The number of benzene rings is 1. The molecular weight excluding hydrogens is 498 g/mol. The number of halogens is 1. The van der Waals surface area contributed by atoms with Gasteiger partial charge in [0.2, 0.25) is 0 Å². The molecule has 0 saturated carbocycles.